The minimum atomic E-state index is -0.427. The number of nitrogens with zero attached hydrogens (tertiary/aromatic N) is 3. The number of hydrogen-bond donors (Lipinski definition) is 2. The molecule has 0 aliphatic heterocycles. The van der Waals surface area contributed by atoms with Crippen molar-refractivity contribution in [3.63, 3.8) is 0 Å². The van der Waals surface area contributed by atoms with Gasteiger partial charge in [0.25, 0.3) is 5.69 Å². The minimum absolute atomic E-state index is 0.0615. The standard InChI is InChI=1S/C17H15N5O3S/c18-16-11-26-17(20-16)21-19-9-12-3-7-15(8-4-12)25-10-13-1-5-14(6-2-13)22(23)24/h1-9,11H,10,18H2,(H,20,21). The largest absolute Gasteiger partial charge is 0.489 e. The van der Waals surface area contributed by atoms with Gasteiger partial charge < -0.3 is 10.5 Å². The maximum absolute atomic E-state index is 10.6. The smallest absolute Gasteiger partial charge is 0.269 e. The van der Waals surface area contributed by atoms with Crippen molar-refractivity contribution in [2.45, 2.75) is 6.61 Å². The van der Waals surface area contributed by atoms with E-state index in [1.807, 2.05) is 24.3 Å². The van der Waals surface area contributed by atoms with Crippen LogP contribution in [0, 0.1) is 10.1 Å². The molecule has 1 heterocycles. The molecule has 0 bridgehead atoms. The Morgan fingerprint density at radius 3 is 2.58 bits per heavy atom. The Hall–Kier alpha value is -3.46. The Morgan fingerprint density at radius 1 is 1.23 bits per heavy atom. The molecule has 26 heavy (non-hydrogen) atoms. The first-order valence-corrected chi connectivity index (χ1v) is 8.44. The normalized spacial score (nSPS) is 10.8. The predicted molar refractivity (Wildman–Crippen MR) is 102 cm³/mol. The van der Waals surface area contributed by atoms with Gasteiger partial charge in [-0.2, -0.15) is 5.10 Å². The van der Waals surface area contributed by atoms with Gasteiger partial charge >= 0.3 is 0 Å². The molecule has 0 unspecified atom stereocenters. The van der Waals surface area contributed by atoms with E-state index < -0.39 is 4.92 Å². The molecule has 0 amide bonds. The van der Waals surface area contributed by atoms with E-state index in [0.29, 0.717) is 23.3 Å². The number of aromatic nitrogens is 1. The molecule has 3 N–H and O–H groups in total. The number of nitrogens with one attached hydrogen (secondary N) is 1. The van der Waals surface area contributed by atoms with E-state index in [-0.39, 0.29) is 5.69 Å². The van der Waals surface area contributed by atoms with E-state index in [9.17, 15) is 10.1 Å². The summed E-state index contributed by atoms with van der Waals surface area (Å²) >= 11 is 1.38. The maximum Gasteiger partial charge on any atom is 0.269 e. The molecule has 132 valence electrons. The van der Waals surface area contributed by atoms with Crippen LogP contribution in [0.15, 0.2) is 59.0 Å². The highest BCUT2D eigenvalue weighted by Gasteiger charge is 2.04. The van der Waals surface area contributed by atoms with Gasteiger partial charge in [0.15, 0.2) is 0 Å². The molecular weight excluding hydrogens is 354 g/mol. The minimum Gasteiger partial charge on any atom is -0.489 e. The third-order valence-corrected chi connectivity index (χ3v) is 4.09. The number of nitro groups is 1. The van der Waals surface area contributed by atoms with Crippen LogP contribution < -0.4 is 15.9 Å². The number of ether oxygens (including phenoxy) is 1. The van der Waals surface area contributed by atoms with Gasteiger partial charge in [-0.3, -0.25) is 15.5 Å². The summed E-state index contributed by atoms with van der Waals surface area (Å²) in [6, 6.07) is 13.7. The average molecular weight is 369 g/mol. The molecule has 9 heteroatoms. The first kappa shape index (κ1) is 17.4. The van der Waals surface area contributed by atoms with Crippen LogP contribution in [0.25, 0.3) is 0 Å². The van der Waals surface area contributed by atoms with Gasteiger partial charge in [0.05, 0.1) is 11.1 Å². The van der Waals surface area contributed by atoms with E-state index in [4.69, 9.17) is 10.5 Å². The average Bonchev–Trinajstić information content (AvgIpc) is 3.06. The molecule has 2 aromatic carbocycles. The van der Waals surface area contributed by atoms with Crippen molar-refractivity contribution in [1.82, 2.24) is 4.98 Å². The van der Waals surface area contributed by atoms with Crippen LogP contribution in [0.4, 0.5) is 16.6 Å². The van der Waals surface area contributed by atoms with E-state index >= 15 is 0 Å². The monoisotopic (exact) mass is 369 g/mol. The Morgan fingerprint density at radius 2 is 1.96 bits per heavy atom. The lowest BCUT2D eigenvalue weighted by molar-refractivity contribution is -0.384. The first-order valence-electron chi connectivity index (χ1n) is 7.56. The van der Waals surface area contributed by atoms with Gasteiger partial charge in [-0.15, -0.1) is 11.3 Å². The fourth-order valence-corrected chi connectivity index (χ4v) is 2.58. The zero-order chi connectivity index (χ0) is 18.4. The Bertz CT molecular complexity index is 907. The summed E-state index contributed by atoms with van der Waals surface area (Å²) in [5.41, 5.74) is 10.1. The van der Waals surface area contributed by atoms with Crippen LogP contribution in [0.3, 0.4) is 0 Å². The summed E-state index contributed by atoms with van der Waals surface area (Å²) in [6.45, 7) is 0.332. The molecule has 0 aliphatic carbocycles. The third kappa shape index (κ3) is 4.77. The van der Waals surface area contributed by atoms with Crippen molar-refractivity contribution in [3.8, 4) is 5.75 Å². The molecule has 0 saturated heterocycles. The second-order valence-electron chi connectivity index (χ2n) is 5.23. The van der Waals surface area contributed by atoms with Crippen LogP contribution in [0.1, 0.15) is 11.1 Å². The SMILES string of the molecule is Nc1csc(NN=Cc2ccc(OCc3ccc([N+](=O)[O-])cc3)cc2)n1. The first-order chi connectivity index (χ1) is 12.6. The van der Waals surface area contributed by atoms with Crippen LogP contribution in [-0.2, 0) is 6.61 Å². The fraction of sp³-hybridized carbons (Fsp3) is 0.0588. The molecule has 3 rings (SSSR count). The summed E-state index contributed by atoms with van der Waals surface area (Å²) < 4.78 is 5.67. The summed E-state index contributed by atoms with van der Waals surface area (Å²) in [4.78, 5) is 14.2. The quantitative estimate of drug-likeness (QED) is 0.373. The van der Waals surface area contributed by atoms with Gasteiger partial charge in [0, 0.05) is 17.5 Å². The highest BCUT2D eigenvalue weighted by molar-refractivity contribution is 7.14. The Kier molecular flexibility index (Phi) is 5.40. The topological polar surface area (TPSA) is 116 Å². The molecule has 0 spiro atoms. The van der Waals surface area contributed by atoms with E-state index in [2.05, 4.69) is 15.5 Å². The van der Waals surface area contributed by atoms with Crippen molar-refractivity contribution in [3.05, 3.63) is 75.2 Å². The van der Waals surface area contributed by atoms with Crippen LogP contribution >= 0.6 is 11.3 Å². The number of anilines is 2. The van der Waals surface area contributed by atoms with Gasteiger partial charge in [0.1, 0.15) is 18.2 Å². The number of hydrogen-bond acceptors (Lipinski definition) is 8. The van der Waals surface area contributed by atoms with E-state index in [1.165, 1.54) is 23.5 Å². The van der Waals surface area contributed by atoms with Crippen molar-refractivity contribution in [2.75, 3.05) is 11.2 Å². The van der Waals surface area contributed by atoms with Crippen molar-refractivity contribution < 1.29 is 9.66 Å². The molecule has 0 atom stereocenters. The van der Waals surface area contributed by atoms with Gasteiger partial charge in [-0.1, -0.05) is 0 Å². The van der Waals surface area contributed by atoms with Crippen molar-refractivity contribution >= 4 is 34.2 Å². The number of rotatable bonds is 7. The van der Waals surface area contributed by atoms with Gasteiger partial charge in [-0.25, -0.2) is 4.98 Å². The second kappa shape index (κ2) is 8.08. The molecule has 0 radical (unpaired) electrons. The lowest BCUT2D eigenvalue weighted by atomic mass is 10.2. The van der Waals surface area contributed by atoms with Crippen LogP contribution in [0.5, 0.6) is 5.75 Å². The molecule has 1 aromatic heterocycles. The van der Waals surface area contributed by atoms with Gasteiger partial charge in [0.2, 0.25) is 5.13 Å². The van der Waals surface area contributed by atoms with Crippen LogP contribution in [-0.4, -0.2) is 16.1 Å². The van der Waals surface area contributed by atoms with Gasteiger partial charge in [-0.05, 0) is 47.5 Å². The molecule has 0 saturated carbocycles. The third-order valence-electron chi connectivity index (χ3n) is 3.33. The molecule has 8 nitrogen and oxygen atoms in total. The predicted octanol–water partition coefficient (Wildman–Crippen LogP) is 3.66. The Labute approximate surface area is 153 Å². The summed E-state index contributed by atoms with van der Waals surface area (Å²) in [5, 5.41) is 17.1. The number of nitrogens with two attached hydrogens (primary N) is 1. The number of non-ortho nitro benzene ring substituents is 1. The molecular formula is C17H15N5O3S. The number of thiazole rings is 1. The fourth-order valence-electron chi connectivity index (χ4n) is 2.03. The summed E-state index contributed by atoms with van der Waals surface area (Å²) in [6.07, 6.45) is 1.66. The zero-order valence-corrected chi connectivity index (χ0v) is 14.3. The lowest BCUT2D eigenvalue weighted by Gasteiger charge is -2.06. The number of benzene rings is 2. The second-order valence-corrected chi connectivity index (χ2v) is 6.09. The van der Waals surface area contributed by atoms with Crippen LogP contribution in [0.2, 0.25) is 0 Å². The molecule has 0 aliphatic rings. The number of hydrazone groups is 1. The molecule has 0 fully saturated rings. The maximum atomic E-state index is 10.6. The summed E-state index contributed by atoms with van der Waals surface area (Å²) in [5.74, 6) is 1.16. The van der Waals surface area contributed by atoms with E-state index in [0.717, 1.165) is 11.1 Å². The highest BCUT2D eigenvalue weighted by Crippen LogP contribution is 2.17. The Balaban J connectivity index is 1.51. The zero-order valence-electron chi connectivity index (χ0n) is 13.5. The highest BCUT2D eigenvalue weighted by atomic mass is 32.1. The molecule has 3 aromatic rings. The number of nitro benzene ring substituents is 1. The van der Waals surface area contributed by atoms with Crippen molar-refractivity contribution in [1.29, 1.82) is 0 Å². The summed E-state index contributed by atoms with van der Waals surface area (Å²) in [7, 11) is 0. The van der Waals surface area contributed by atoms with Crippen molar-refractivity contribution in [2.24, 2.45) is 5.10 Å². The van der Waals surface area contributed by atoms with E-state index in [1.54, 1.807) is 23.7 Å². The lowest BCUT2D eigenvalue weighted by Crippen LogP contribution is -1.96. The number of nitrogen functional groups attached to an aromatic ring is 1.